The van der Waals surface area contributed by atoms with Gasteiger partial charge in [-0.3, -0.25) is 9.59 Å². The van der Waals surface area contributed by atoms with E-state index in [0.717, 1.165) is 11.3 Å². The van der Waals surface area contributed by atoms with Crippen LogP contribution in [0.3, 0.4) is 0 Å². The molecule has 7 heteroatoms. The zero-order valence-corrected chi connectivity index (χ0v) is 13.8. The minimum atomic E-state index is -0.210. The molecule has 1 saturated heterocycles. The highest BCUT2D eigenvalue weighted by Gasteiger charge is 2.35. The molecule has 1 aromatic carbocycles. The maximum absolute atomic E-state index is 12.0. The van der Waals surface area contributed by atoms with Gasteiger partial charge in [0.15, 0.2) is 0 Å². The van der Waals surface area contributed by atoms with Crippen molar-refractivity contribution in [1.82, 2.24) is 10.2 Å². The molecule has 1 aliphatic heterocycles. The summed E-state index contributed by atoms with van der Waals surface area (Å²) in [5, 5.41) is 2.94. The zero-order valence-electron chi connectivity index (χ0n) is 12.2. The number of hydrogen-bond acceptors (Lipinski definition) is 4. The highest BCUT2D eigenvalue weighted by Crippen LogP contribution is 2.42. The van der Waals surface area contributed by atoms with Crippen LogP contribution in [0.1, 0.15) is 10.9 Å². The van der Waals surface area contributed by atoms with E-state index in [2.05, 4.69) is 5.32 Å². The van der Waals surface area contributed by atoms with Gasteiger partial charge in [0.25, 0.3) is 0 Å². The molecule has 0 spiro atoms. The van der Waals surface area contributed by atoms with Crippen molar-refractivity contribution < 1.29 is 9.59 Å². The number of benzene rings is 1. The number of amides is 2. The summed E-state index contributed by atoms with van der Waals surface area (Å²) in [7, 11) is 5.44. The van der Waals surface area contributed by atoms with E-state index in [4.69, 9.17) is 11.6 Å². The molecule has 0 aromatic heterocycles. The van der Waals surface area contributed by atoms with E-state index < -0.39 is 0 Å². The van der Waals surface area contributed by atoms with Crippen LogP contribution < -0.4 is 10.2 Å². The molecule has 1 N–H and O–H groups in total. The first-order valence-corrected chi connectivity index (χ1v) is 7.95. The maximum atomic E-state index is 12.0. The number of carbonyl (C=O) groups excluding carboxylic acids is 2. The minimum absolute atomic E-state index is 0.0404. The highest BCUT2D eigenvalue weighted by atomic mass is 35.5. The summed E-state index contributed by atoms with van der Waals surface area (Å²) < 4.78 is 0. The molecule has 1 fully saturated rings. The van der Waals surface area contributed by atoms with Crippen LogP contribution in [0, 0.1) is 0 Å². The molecule has 1 heterocycles. The van der Waals surface area contributed by atoms with Gasteiger partial charge in [-0.05, 0) is 12.1 Å². The maximum Gasteiger partial charge on any atom is 0.239 e. The first-order chi connectivity index (χ1) is 9.93. The Balaban J connectivity index is 2.27. The molecule has 2 amide bonds. The summed E-state index contributed by atoms with van der Waals surface area (Å²) in [5.74, 6) is 0.145. The number of hydrogen-bond donors (Lipinski definition) is 1. The minimum Gasteiger partial charge on any atom is -0.378 e. The van der Waals surface area contributed by atoms with Gasteiger partial charge in [0, 0.05) is 37.4 Å². The van der Waals surface area contributed by atoms with Gasteiger partial charge in [-0.2, -0.15) is 0 Å². The first-order valence-electron chi connectivity index (χ1n) is 6.52. The number of nitrogens with zero attached hydrogens (tertiary/aromatic N) is 2. The Morgan fingerprint density at radius 2 is 2.24 bits per heavy atom. The first kappa shape index (κ1) is 16.0. The van der Waals surface area contributed by atoms with Crippen molar-refractivity contribution in [3.63, 3.8) is 0 Å². The van der Waals surface area contributed by atoms with E-state index in [1.165, 1.54) is 11.8 Å². The van der Waals surface area contributed by atoms with Crippen LogP contribution in [0.4, 0.5) is 5.69 Å². The average molecular weight is 328 g/mol. The monoisotopic (exact) mass is 327 g/mol. The second-order valence-electron chi connectivity index (χ2n) is 4.96. The third-order valence-electron chi connectivity index (χ3n) is 3.33. The molecule has 1 atom stereocenters. The van der Waals surface area contributed by atoms with E-state index in [1.54, 1.807) is 11.9 Å². The Hall–Kier alpha value is -1.40. The molecule has 114 valence electrons. The van der Waals surface area contributed by atoms with Crippen molar-refractivity contribution in [1.29, 1.82) is 0 Å². The zero-order chi connectivity index (χ0) is 15.6. The number of nitrogens with one attached hydrogen (secondary N) is 1. The van der Waals surface area contributed by atoms with Crippen molar-refractivity contribution in [3.05, 3.63) is 28.8 Å². The van der Waals surface area contributed by atoms with Gasteiger partial charge >= 0.3 is 0 Å². The fourth-order valence-corrected chi connectivity index (χ4v) is 3.68. The largest absolute Gasteiger partial charge is 0.378 e. The Morgan fingerprint density at radius 1 is 1.52 bits per heavy atom. The standard InChI is InChI=1S/C14H18ClN3O2S/c1-16-12(19)7-18-13(20)8-21-14(18)10-5-4-9(17(2)3)6-11(10)15/h4-6,14H,7-8H2,1-3H3,(H,16,19). The number of likely N-dealkylation sites (N-methyl/N-ethyl adjacent to an activating group) is 1. The lowest BCUT2D eigenvalue weighted by Gasteiger charge is -2.25. The van der Waals surface area contributed by atoms with Crippen LogP contribution in [-0.4, -0.2) is 50.2 Å². The SMILES string of the molecule is CNC(=O)CN1C(=O)CSC1c1ccc(N(C)C)cc1Cl. The lowest BCUT2D eigenvalue weighted by molar-refractivity contribution is -0.133. The van der Waals surface area contributed by atoms with Crippen LogP contribution in [0.5, 0.6) is 0 Å². The Bertz CT molecular complexity index is 565. The summed E-state index contributed by atoms with van der Waals surface area (Å²) in [6, 6.07) is 5.76. The molecular weight excluding hydrogens is 310 g/mol. The Morgan fingerprint density at radius 3 is 2.81 bits per heavy atom. The normalized spacial score (nSPS) is 18.0. The average Bonchev–Trinajstić information content (AvgIpc) is 2.80. The van der Waals surface area contributed by atoms with Crippen LogP contribution in [0.25, 0.3) is 0 Å². The molecule has 1 aromatic rings. The van der Waals surface area contributed by atoms with Crippen LogP contribution in [0.15, 0.2) is 18.2 Å². The van der Waals surface area contributed by atoms with E-state index in [9.17, 15) is 9.59 Å². The molecule has 5 nitrogen and oxygen atoms in total. The number of rotatable bonds is 4. The van der Waals surface area contributed by atoms with E-state index in [1.807, 2.05) is 37.2 Å². The third kappa shape index (κ3) is 3.44. The van der Waals surface area contributed by atoms with Crippen molar-refractivity contribution in [2.45, 2.75) is 5.37 Å². The van der Waals surface area contributed by atoms with Crippen LogP contribution in [0.2, 0.25) is 5.02 Å². The molecule has 0 bridgehead atoms. The van der Waals surface area contributed by atoms with Gasteiger partial charge in [-0.15, -0.1) is 11.8 Å². The fourth-order valence-electron chi connectivity index (χ4n) is 2.11. The Kier molecular flexibility index (Phi) is 5.00. The van der Waals surface area contributed by atoms with Crippen molar-refractivity contribution in [2.24, 2.45) is 0 Å². The third-order valence-corrected chi connectivity index (χ3v) is 4.89. The second kappa shape index (κ2) is 6.58. The predicted molar refractivity (Wildman–Crippen MR) is 86.8 cm³/mol. The molecule has 1 aliphatic rings. The van der Waals surface area contributed by atoms with E-state index in [-0.39, 0.29) is 23.7 Å². The second-order valence-corrected chi connectivity index (χ2v) is 6.43. The summed E-state index contributed by atoms with van der Waals surface area (Å²) in [6.45, 7) is 0.0543. The quantitative estimate of drug-likeness (QED) is 0.915. The number of halogens is 1. The van der Waals surface area contributed by atoms with Gasteiger partial charge in [-0.25, -0.2) is 0 Å². The molecule has 0 radical (unpaired) electrons. The lowest BCUT2D eigenvalue weighted by Crippen LogP contribution is -2.38. The molecular formula is C14H18ClN3O2S. The highest BCUT2D eigenvalue weighted by molar-refractivity contribution is 8.00. The smallest absolute Gasteiger partial charge is 0.239 e. The number of thioether (sulfide) groups is 1. The molecule has 0 aliphatic carbocycles. The van der Waals surface area contributed by atoms with Crippen LogP contribution >= 0.6 is 23.4 Å². The lowest BCUT2D eigenvalue weighted by atomic mass is 10.1. The number of anilines is 1. The summed E-state index contributed by atoms with van der Waals surface area (Å²) >= 11 is 7.85. The Labute approximate surface area is 133 Å². The van der Waals surface area contributed by atoms with Gasteiger partial charge in [0.05, 0.1) is 5.75 Å². The number of carbonyl (C=O) groups is 2. The topological polar surface area (TPSA) is 52.7 Å². The van der Waals surface area contributed by atoms with Gasteiger partial charge < -0.3 is 15.1 Å². The van der Waals surface area contributed by atoms with E-state index in [0.29, 0.717) is 10.8 Å². The molecule has 0 saturated carbocycles. The molecule has 1 unspecified atom stereocenters. The van der Waals surface area contributed by atoms with Crippen molar-refractivity contribution in [3.8, 4) is 0 Å². The van der Waals surface area contributed by atoms with Gasteiger partial charge in [-0.1, -0.05) is 17.7 Å². The van der Waals surface area contributed by atoms with E-state index >= 15 is 0 Å². The molecule has 21 heavy (non-hydrogen) atoms. The summed E-state index contributed by atoms with van der Waals surface area (Å²) in [5.41, 5.74) is 1.86. The predicted octanol–water partition coefficient (Wildman–Crippen LogP) is 1.73. The summed E-state index contributed by atoms with van der Waals surface area (Å²) in [4.78, 5) is 27.1. The van der Waals surface area contributed by atoms with Gasteiger partial charge in [0.1, 0.15) is 11.9 Å². The summed E-state index contributed by atoms with van der Waals surface area (Å²) in [6.07, 6.45) is 0. The van der Waals surface area contributed by atoms with Crippen LogP contribution in [-0.2, 0) is 9.59 Å². The van der Waals surface area contributed by atoms with Crippen molar-refractivity contribution >= 4 is 40.9 Å². The molecule has 2 rings (SSSR count). The fraction of sp³-hybridized carbons (Fsp3) is 0.429. The van der Waals surface area contributed by atoms with Gasteiger partial charge in [0.2, 0.25) is 11.8 Å². The van der Waals surface area contributed by atoms with Crippen molar-refractivity contribution in [2.75, 3.05) is 38.3 Å².